The molecule has 0 spiro atoms. The van der Waals surface area contributed by atoms with Gasteiger partial charge >= 0.3 is 16.2 Å². The lowest BCUT2D eigenvalue weighted by Gasteiger charge is -2.09. The second-order valence-corrected chi connectivity index (χ2v) is 5.49. The fraction of sp³-hybridized carbons (Fsp3) is 0.556. The second kappa shape index (κ2) is 5.28. The number of hydrogen-bond donors (Lipinski definition) is 0. The molecule has 8 heteroatoms. The van der Waals surface area contributed by atoms with E-state index in [9.17, 15) is 13.2 Å². The molecule has 0 amide bonds. The summed E-state index contributed by atoms with van der Waals surface area (Å²) >= 11 is 0. The van der Waals surface area contributed by atoms with E-state index in [1.165, 1.54) is 26.5 Å². The van der Waals surface area contributed by atoms with Gasteiger partial charge in [-0.3, -0.25) is 4.79 Å². The average Bonchev–Trinajstić information content (AvgIpc) is 2.66. The standard InChI is InChI=1S/C9H15N3O4S/c1-4-16-9(13)5-8-6-10-12(7-8)17(14,15)11(2)3/h6-7H,4-5H2,1-3H3. The number of carbonyl (C=O) groups is 1. The van der Waals surface area contributed by atoms with E-state index in [-0.39, 0.29) is 6.42 Å². The van der Waals surface area contributed by atoms with E-state index < -0.39 is 16.2 Å². The van der Waals surface area contributed by atoms with Gasteiger partial charge in [0.25, 0.3) is 0 Å². The highest BCUT2D eigenvalue weighted by Crippen LogP contribution is 2.05. The number of aromatic nitrogens is 2. The molecule has 17 heavy (non-hydrogen) atoms. The highest BCUT2D eigenvalue weighted by Gasteiger charge is 2.18. The molecule has 1 rings (SSSR count). The molecule has 0 aliphatic heterocycles. The monoisotopic (exact) mass is 261 g/mol. The molecule has 0 unspecified atom stereocenters. The van der Waals surface area contributed by atoms with Gasteiger partial charge in [-0.1, -0.05) is 0 Å². The zero-order valence-electron chi connectivity index (χ0n) is 9.95. The fourth-order valence-corrected chi connectivity index (χ4v) is 1.87. The Kier molecular flexibility index (Phi) is 4.24. The molecule has 1 aromatic rings. The molecule has 0 saturated carbocycles. The molecule has 0 atom stereocenters. The van der Waals surface area contributed by atoms with Crippen LogP contribution >= 0.6 is 0 Å². The molecule has 0 aliphatic carbocycles. The van der Waals surface area contributed by atoms with Crippen LogP contribution in [-0.2, 0) is 26.2 Å². The van der Waals surface area contributed by atoms with E-state index in [1.54, 1.807) is 6.92 Å². The third-order valence-electron chi connectivity index (χ3n) is 1.97. The summed E-state index contributed by atoms with van der Waals surface area (Å²) in [6, 6.07) is 0. The van der Waals surface area contributed by atoms with Crippen molar-refractivity contribution in [3.05, 3.63) is 18.0 Å². The molecule has 0 aliphatic rings. The lowest BCUT2D eigenvalue weighted by atomic mass is 10.3. The van der Waals surface area contributed by atoms with E-state index in [0.29, 0.717) is 12.2 Å². The molecule has 7 nitrogen and oxygen atoms in total. The van der Waals surface area contributed by atoms with Crippen LogP contribution in [0.25, 0.3) is 0 Å². The SMILES string of the molecule is CCOC(=O)Cc1cnn(S(=O)(=O)N(C)C)c1. The highest BCUT2D eigenvalue weighted by molar-refractivity contribution is 7.87. The van der Waals surface area contributed by atoms with Crippen molar-refractivity contribution in [1.29, 1.82) is 0 Å². The zero-order valence-corrected chi connectivity index (χ0v) is 10.8. The Balaban J connectivity index is 2.83. The maximum absolute atomic E-state index is 11.7. The number of rotatable bonds is 5. The molecule has 1 heterocycles. The smallest absolute Gasteiger partial charge is 0.322 e. The van der Waals surface area contributed by atoms with Crippen molar-refractivity contribution < 1.29 is 17.9 Å². The Morgan fingerprint density at radius 1 is 1.53 bits per heavy atom. The maximum atomic E-state index is 11.7. The van der Waals surface area contributed by atoms with E-state index in [0.717, 1.165) is 8.39 Å². The van der Waals surface area contributed by atoms with Crippen molar-refractivity contribution in [2.45, 2.75) is 13.3 Å². The van der Waals surface area contributed by atoms with Gasteiger partial charge in [-0.05, 0) is 6.92 Å². The lowest BCUT2D eigenvalue weighted by molar-refractivity contribution is -0.142. The third kappa shape index (κ3) is 3.27. The highest BCUT2D eigenvalue weighted by atomic mass is 32.2. The number of hydrogen-bond acceptors (Lipinski definition) is 5. The first-order valence-corrected chi connectivity index (χ1v) is 6.39. The summed E-state index contributed by atoms with van der Waals surface area (Å²) < 4.78 is 29.9. The molecular weight excluding hydrogens is 246 g/mol. The largest absolute Gasteiger partial charge is 0.466 e. The molecule has 0 fully saturated rings. The molecule has 96 valence electrons. The van der Waals surface area contributed by atoms with Crippen LogP contribution in [0.2, 0.25) is 0 Å². The van der Waals surface area contributed by atoms with Crippen LogP contribution in [0.15, 0.2) is 12.4 Å². The summed E-state index contributed by atoms with van der Waals surface area (Å²) in [6.45, 7) is 2.00. The number of ether oxygens (including phenoxy) is 1. The van der Waals surface area contributed by atoms with Crippen molar-refractivity contribution in [2.24, 2.45) is 0 Å². The van der Waals surface area contributed by atoms with Gasteiger partial charge in [0.05, 0.1) is 19.2 Å². The minimum atomic E-state index is -3.62. The molecule has 0 radical (unpaired) electrons. The molecular formula is C9H15N3O4S. The summed E-state index contributed by atoms with van der Waals surface area (Å²) in [5.41, 5.74) is 0.494. The normalized spacial score (nSPS) is 11.8. The van der Waals surface area contributed by atoms with Crippen LogP contribution in [-0.4, -0.2) is 48.6 Å². The Hall–Kier alpha value is -1.41. The van der Waals surface area contributed by atoms with Crippen molar-refractivity contribution in [2.75, 3.05) is 20.7 Å². The second-order valence-electron chi connectivity index (χ2n) is 3.49. The van der Waals surface area contributed by atoms with Gasteiger partial charge < -0.3 is 4.74 Å². The summed E-state index contributed by atoms with van der Waals surface area (Å²) in [5, 5.41) is 3.70. The topological polar surface area (TPSA) is 81.5 Å². The first-order valence-electron chi connectivity index (χ1n) is 5.00. The van der Waals surface area contributed by atoms with Gasteiger partial charge in [0, 0.05) is 25.9 Å². The first-order chi connectivity index (χ1) is 7.87. The van der Waals surface area contributed by atoms with Gasteiger partial charge in [0.1, 0.15) is 0 Å². The van der Waals surface area contributed by atoms with E-state index in [2.05, 4.69) is 5.10 Å². The van der Waals surface area contributed by atoms with E-state index >= 15 is 0 Å². The van der Waals surface area contributed by atoms with Gasteiger partial charge in [-0.15, -0.1) is 0 Å². The maximum Gasteiger partial charge on any atom is 0.322 e. The van der Waals surface area contributed by atoms with Gasteiger partial charge in [-0.2, -0.15) is 21.9 Å². The molecule has 0 aromatic carbocycles. The molecule has 0 bridgehead atoms. The van der Waals surface area contributed by atoms with Gasteiger partial charge in [-0.25, -0.2) is 0 Å². The van der Waals surface area contributed by atoms with Gasteiger partial charge in [0.2, 0.25) is 0 Å². The van der Waals surface area contributed by atoms with Crippen LogP contribution < -0.4 is 0 Å². The summed E-state index contributed by atoms with van der Waals surface area (Å²) in [6.07, 6.45) is 2.64. The summed E-state index contributed by atoms with van der Waals surface area (Å²) in [5.74, 6) is -0.408. The number of esters is 1. The Bertz CT molecular complexity index is 492. The minimum absolute atomic E-state index is 0.0107. The van der Waals surface area contributed by atoms with Crippen molar-refractivity contribution in [3.63, 3.8) is 0 Å². The van der Waals surface area contributed by atoms with Crippen LogP contribution in [0.4, 0.5) is 0 Å². The Morgan fingerprint density at radius 2 is 2.18 bits per heavy atom. The van der Waals surface area contributed by atoms with Crippen molar-refractivity contribution in [3.8, 4) is 0 Å². The summed E-state index contributed by atoms with van der Waals surface area (Å²) in [4.78, 5) is 11.2. The third-order valence-corrected chi connectivity index (χ3v) is 3.56. The van der Waals surface area contributed by atoms with Crippen LogP contribution in [0.5, 0.6) is 0 Å². The Morgan fingerprint density at radius 3 is 2.71 bits per heavy atom. The van der Waals surface area contributed by atoms with Crippen LogP contribution in [0, 0.1) is 0 Å². The van der Waals surface area contributed by atoms with Gasteiger partial charge in [0.15, 0.2) is 0 Å². The lowest BCUT2D eigenvalue weighted by Crippen LogP contribution is -2.29. The van der Waals surface area contributed by atoms with Crippen LogP contribution in [0.3, 0.4) is 0 Å². The molecule has 0 N–H and O–H groups in total. The van der Waals surface area contributed by atoms with Crippen LogP contribution in [0.1, 0.15) is 12.5 Å². The minimum Gasteiger partial charge on any atom is -0.466 e. The van der Waals surface area contributed by atoms with Crippen molar-refractivity contribution in [1.82, 2.24) is 13.5 Å². The summed E-state index contributed by atoms with van der Waals surface area (Å²) in [7, 11) is -0.808. The molecule has 0 saturated heterocycles. The molecule has 1 aromatic heterocycles. The zero-order chi connectivity index (χ0) is 13.1. The predicted octanol–water partition coefficient (Wildman–Crippen LogP) is -0.357. The fourth-order valence-electron chi connectivity index (χ4n) is 1.10. The van der Waals surface area contributed by atoms with E-state index in [1.807, 2.05) is 0 Å². The predicted molar refractivity (Wildman–Crippen MR) is 60.6 cm³/mol. The van der Waals surface area contributed by atoms with E-state index in [4.69, 9.17) is 4.74 Å². The quantitative estimate of drug-likeness (QED) is 0.676. The average molecular weight is 261 g/mol. The number of nitrogens with zero attached hydrogens (tertiary/aromatic N) is 3. The van der Waals surface area contributed by atoms with Crippen molar-refractivity contribution >= 4 is 16.2 Å². The first kappa shape index (κ1) is 13.7. The Labute approximate surface area is 100 Å². The number of carbonyl (C=O) groups excluding carboxylic acids is 1.